The Morgan fingerprint density at radius 3 is 2.63 bits per heavy atom. The van der Waals surface area contributed by atoms with Crippen LogP contribution >= 0.6 is 0 Å². The molecule has 0 aromatic heterocycles. The lowest BCUT2D eigenvalue weighted by atomic mass is 10.0. The van der Waals surface area contributed by atoms with Crippen LogP contribution < -0.4 is 0 Å². The fraction of sp³-hybridized carbons (Fsp3) is 0.917. The summed E-state index contributed by atoms with van der Waals surface area (Å²) in [6.07, 6.45) is 2.93. The molecule has 0 saturated carbocycles. The van der Waals surface area contributed by atoms with Crippen LogP contribution in [0, 0.1) is 5.92 Å². The van der Waals surface area contributed by atoms with Crippen LogP contribution in [0.3, 0.4) is 0 Å². The van der Waals surface area contributed by atoms with Gasteiger partial charge in [0, 0.05) is 26.2 Å². The normalized spacial score (nSPS) is 21.7. The summed E-state index contributed by atoms with van der Waals surface area (Å²) < 4.78 is 27.7. The topological polar surface area (TPSA) is 77.9 Å². The molecule has 0 radical (unpaired) electrons. The fourth-order valence-electron chi connectivity index (χ4n) is 2.29. The quantitative estimate of drug-likeness (QED) is 0.763. The summed E-state index contributed by atoms with van der Waals surface area (Å²) in [5.74, 6) is -1.48. The van der Waals surface area contributed by atoms with Gasteiger partial charge >= 0.3 is 5.97 Å². The van der Waals surface area contributed by atoms with Crippen molar-refractivity contribution in [2.75, 3.05) is 26.2 Å². The zero-order chi connectivity index (χ0) is 14.5. The van der Waals surface area contributed by atoms with E-state index in [1.807, 2.05) is 13.8 Å². The van der Waals surface area contributed by atoms with Gasteiger partial charge in [-0.1, -0.05) is 20.3 Å². The number of unbranched alkanes of at least 4 members (excludes halogenated alkanes) is 1. The predicted octanol–water partition coefficient (Wildman–Crippen LogP) is 1.15. The molecule has 1 N–H and O–H groups in total. The SMILES string of the molecule is CCCCN(CC)S(=O)(=O)N1CCCC(C(=O)O)C1. The van der Waals surface area contributed by atoms with E-state index in [1.165, 1.54) is 8.61 Å². The molecular weight excluding hydrogens is 268 g/mol. The van der Waals surface area contributed by atoms with Crippen LogP contribution in [-0.2, 0) is 15.0 Å². The van der Waals surface area contributed by atoms with Gasteiger partial charge in [-0.05, 0) is 19.3 Å². The van der Waals surface area contributed by atoms with Crippen molar-refractivity contribution in [3.63, 3.8) is 0 Å². The van der Waals surface area contributed by atoms with E-state index in [9.17, 15) is 13.2 Å². The number of carbonyl (C=O) groups is 1. The summed E-state index contributed by atoms with van der Waals surface area (Å²) >= 11 is 0. The van der Waals surface area contributed by atoms with Crippen molar-refractivity contribution in [2.24, 2.45) is 5.92 Å². The Morgan fingerprint density at radius 1 is 1.42 bits per heavy atom. The summed E-state index contributed by atoms with van der Waals surface area (Å²) in [7, 11) is -3.51. The standard InChI is InChI=1S/C12H24N2O4S/c1-3-5-8-13(4-2)19(17,18)14-9-6-7-11(10-14)12(15)16/h11H,3-10H2,1-2H3,(H,15,16). The van der Waals surface area contributed by atoms with Crippen molar-refractivity contribution in [3.8, 4) is 0 Å². The van der Waals surface area contributed by atoms with Gasteiger partial charge < -0.3 is 5.11 Å². The Balaban J connectivity index is 2.77. The lowest BCUT2D eigenvalue weighted by Crippen LogP contribution is -2.49. The van der Waals surface area contributed by atoms with E-state index in [-0.39, 0.29) is 6.54 Å². The van der Waals surface area contributed by atoms with E-state index in [2.05, 4.69) is 0 Å². The van der Waals surface area contributed by atoms with E-state index < -0.39 is 22.1 Å². The third-order valence-electron chi connectivity index (χ3n) is 3.50. The molecule has 1 fully saturated rings. The zero-order valence-corrected chi connectivity index (χ0v) is 12.5. The molecule has 112 valence electrons. The number of rotatable bonds is 7. The lowest BCUT2D eigenvalue weighted by Gasteiger charge is -2.33. The third-order valence-corrected chi connectivity index (χ3v) is 5.58. The Bertz CT molecular complexity index is 397. The summed E-state index contributed by atoms with van der Waals surface area (Å²) in [6, 6.07) is 0. The molecule has 0 bridgehead atoms. The van der Waals surface area contributed by atoms with Gasteiger partial charge in [-0.3, -0.25) is 4.79 Å². The summed E-state index contributed by atoms with van der Waals surface area (Å²) in [6.45, 7) is 5.28. The summed E-state index contributed by atoms with van der Waals surface area (Å²) in [4.78, 5) is 11.0. The van der Waals surface area contributed by atoms with Crippen LogP contribution in [0.5, 0.6) is 0 Å². The first-order chi connectivity index (χ1) is 8.93. The highest BCUT2D eigenvalue weighted by molar-refractivity contribution is 7.86. The van der Waals surface area contributed by atoms with Crippen LogP contribution in [0.15, 0.2) is 0 Å². The van der Waals surface area contributed by atoms with Gasteiger partial charge in [0.1, 0.15) is 0 Å². The minimum atomic E-state index is -3.51. The van der Waals surface area contributed by atoms with Gasteiger partial charge in [-0.25, -0.2) is 0 Å². The first-order valence-corrected chi connectivity index (χ1v) is 8.31. The first-order valence-electron chi connectivity index (χ1n) is 6.91. The summed E-state index contributed by atoms with van der Waals surface area (Å²) in [5.41, 5.74) is 0. The molecule has 1 aliphatic heterocycles. The number of nitrogens with zero attached hydrogens (tertiary/aromatic N) is 2. The van der Waals surface area contributed by atoms with Crippen LogP contribution in [-0.4, -0.2) is 54.3 Å². The highest BCUT2D eigenvalue weighted by Crippen LogP contribution is 2.21. The van der Waals surface area contributed by atoms with Gasteiger partial charge in [0.15, 0.2) is 0 Å². The van der Waals surface area contributed by atoms with Crippen molar-refractivity contribution in [2.45, 2.75) is 39.5 Å². The van der Waals surface area contributed by atoms with Gasteiger partial charge in [-0.2, -0.15) is 17.0 Å². The van der Waals surface area contributed by atoms with Gasteiger partial charge in [0.05, 0.1) is 5.92 Å². The fourth-order valence-corrected chi connectivity index (χ4v) is 4.03. The molecule has 0 aromatic carbocycles. The summed E-state index contributed by atoms with van der Waals surface area (Å²) in [5, 5.41) is 9.02. The molecule has 0 aromatic rings. The van der Waals surface area contributed by atoms with Crippen molar-refractivity contribution in [1.29, 1.82) is 0 Å². The number of carboxylic acid groups (broad SMARTS) is 1. The first kappa shape index (κ1) is 16.4. The average Bonchev–Trinajstić information content (AvgIpc) is 2.39. The molecule has 1 atom stereocenters. The zero-order valence-electron chi connectivity index (χ0n) is 11.7. The number of piperidine rings is 1. The highest BCUT2D eigenvalue weighted by Gasteiger charge is 2.34. The molecule has 0 amide bonds. The van der Waals surface area contributed by atoms with E-state index in [4.69, 9.17) is 5.11 Å². The monoisotopic (exact) mass is 292 g/mol. The van der Waals surface area contributed by atoms with E-state index in [1.54, 1.807) is 0 Å². The number of aliphatic carboxylic acids is 1. The van der Waals surface area contributed by atoms with Crippen LogP contribution in [0.25, 0.3) is 0 Å². The van der Waals surface area contributed by atoms with Gasteiger partial charge in [0.2, 0.25) is 0 Å². The Morgan fingerprint density at radius 2 is 2.11 bits per heavy atom. The van der Waals surface area contributed by atoms with Crippen LogP contribution in [0.2, 0.25) is 0 Å². The molecule has 6 nitrogen and oxygen atoms in total. The second kappa shape index (κ2) is 7.21. The van der Waals surface area contributed by atoms with E-state index >= 15 is 0 Å². The van der Waals surface area contributed by atoms with Crippen molar-refractivity contribution in [1.82, 2.24) is 8.61 Å². The smallest absolute Gasteiger partial charge is 0.307 e. The van der Waals surface area contributed by atoms with Crippen LogP contribution in [0.1, 0.15) is 39.5 Å². The van der Waals surface area contributed by atoms with Crippen LogP contribution in [0.4, 0.5) is 0 Å². The van der Waals surface area contributed by atoms with Crippen molar-refractivity contribution < 1.29 is 18.3 Å². The van der Waals surface area contributed by atoms with Gasteiger partial charge in [-0.15, -0.1) is 0 Å². The molecule has 1 saturated heterocycles. The predicted molar refractivity (Wildman–Crippen MR) is 73.0 cm³/mol. The molecule has 1 heterocycles. The molecule has 1 aliphatic rings. The Kier molecular flexibility index (Phi) is 6.22. The van der Waals surface area contributed by atoms with E-state index in [0.29, 0.717) is 32.5 Å². The molecular formula is C12H24N2O4S. The van der Waals surface area contributed by atoms with E-state index in [0.717, 1.165) is 12.8 Å². The highest BCUT2D eigenvalue weighted by atomic mass is 32.2. The maximum absolute atomic E-state index is 12.4. The van der Waals surface area contributed by atoms with Crippen molar-refractivity contribution in [3.05, 3.63) is 0 Å². The number of hydrogen-bond donors (Lipinski definition) is 1. The molecule has 1 rings (SSSR count). The largest absolute Gasteiger partial charge is 0.481 e. The molecule has 7 heteroatoms. The lowest BCUT2D eigenvalue weighted by molar-refractivity contribution is -0.142. The molecule has 0 aliphatic carbocycles. The Labute approximate surface area is 115 Å². The molecule has 19 heavy (non-hydrogen) atoms. The molecule has 0 spiro atoms. The second-order valence-electron chi connectivity index (χ2n) is 4.89. The van der Waals surface area contributed by atoms with Crippen molar-refractivity contribution >= 4 is 16.2 Å². The number of hydrogen-bond acceptors (Lipinski definition) is 3. The minimum Gasteiger partial charge on any atom is -0.481 e. The second-order valence-corrected chi connectivity index (χ2v) is 6.82. The maximum Gasteiger partial charge on any atom is 0.307 e. The third kappa shape index (κ3) is 4.15. The maximum atomic E-state index is 12.4. The average molecular weight is 292 g/mol. The van der Waals surface area contributed by atoms with Gasteiger partial charge in [0.25, 0.3) is 10.2 Å². The minimum absolute atomic E-state index is 0.0975. The Hall–Kier alpha value is -0.660. The number of carboxylic acids is 1. The molecule has 1 unspecified atom stereocenters.